The third kappa shape index (κ3) is 2.41. The van der Waals surface area contributed by atoms with Gasteiger partial charge >= 0.3 is 0 Å². The van der Waals surface area contributed by atoms with Gasteiger partial charge in [0.25, 0.3) is 5.56 Å². The van der Waals surface area contributed by atoms with Crippen molar-refractivity contribution in [1.82, 2.24) is 29.4 Å². The third-order valence-electron chi connectivity index (χ3n) is 4.57. The van der Waals surface area contributed by atoms with Gasteiger partial charge in [-0.1, -0.05) is 11.6 Å². The number of nitrogens with one attached hydrogen (secondary N) is 2. The van der Waals surface area contributed by atoms with Crippen LogP contribution in [-0.4, -0.2) is 35.3 Å². The highest BCUT2D eigenvalue weighted by Crippen LogP contribution is 2.42. The predicted molar refractivity (Wildman–Crippen MR) is 99.9 cm³/mol. The maximum absolute atomic E-state index is 12.5. The molecule has 0 fully saturated rings. The maximum atomic E-state index is 12.5. The lowest BCUT2D eigenvalue weighted by Gasteiger charge is -2.23. The Kier molecular flexibility index (Phi) is 3.46. The highest BCUT2D eigenvalue weighted by atomic mass is 35.5. The number of thiazole rings is 1. The molecule has 9 nitrogen and oxygen atoms in total. The first kappa shape index (κ1) is 16.2. The van der Waals surface area contributed by atoms with Crippen LogP contribution in [0.15, 0.2) is 28.5 Å². The van der Waals surface area contributed by atoms with Gasteiger partial charge in [0, 0.05) is 35.5 Å². The number of carbonyl (C=O) groups excluding carboxylic acids is 1. The summed E-state index contributed by atoms with van der Waals surface area (Å²) in [6, 6.07) is 2.90. The Balaban J connectivity index is 1.74. The molecule has 2 N–H and O–H groups in total. The minimum absolute atomic E-state index is 0.153. The molecule has 0 saturated heterocycles. The molecule has 0 bridgehead atoms. The van der Waals surface area contributed by atoms with Crippen molar-refractivity contribution >= 4 is 39.6 Å². The Morgan fingerprint density at radius 3 is 2.96 bits per heavy atom. The molecule has 136 valence electrons. The molecule has 11 heteroatoms. The first-order chi connectivity index (χ1) is 13.0. The number of aryl methyl sites for hydroxylation is 1. The van der Waals surface area contributed by atoms with Gasteiger partial charge in [-0.05, 0) is 13.0 Å². The lowest BCUT2D eigenvalue weighted by atomic mass is 9.89. The van der Waals surface area contributed by atoms with E-state index in [0.717, 1.165) is 21.9 Å². The summed E-state index contributed by atoms with van der Waals surface area (Å²) >= 11 is 7.89. The van der Waals surface area contributed by atoms with Crippen molar-refractivity contribution in [3.63, 3.8) is 0 Å². The Hall–Kier alpha value is -2.98. The number of H-pyrrole nitrogens is 1. The predicted octanol–water partition coefficient (Wildman–Crippen LogP) is 2.10. The van der Waals surface area contributed by atoms with Crippen LogP contribution in [0.2, 0.25) is 5.15 Å². The minimum atomic E-state index is -0.315. The largest absolute Gasteiger partial charge is 0.310 e. The quantitative estimate of drug-likeness (QED) is 0.534. The lowest BCUT2D eigenvalue weighted by Crippen LogP contribution is -2.26. The smallest absolute Gasteiger partial charge is 0.264 e. The molecule has 0 spiro atoms. The summed E-state index contributed by atoms with van der Waals surface area (Å²) in [4.78, 5) is 28.9. The molecular weight excluding hydrogens is 390 g/mol. The van der Waals surface area contributed by atoms with E-state index in [0.29, 0.717) is 16.8 Å². The molecule has 1 aliphatic heterocycles. The molecule has 0 aromatic carbocycles. The molecule has 1 amide bonds. The van der Waals surface area contributed by atoms with Crippen LogP contribution >= 0.6 is 22.9 Å². The van der Waals surface area contributed by atoms with Gasteiger partial charge in [-0.2, -0.15) is 14.9 Å². The van der Waals surface area contributed by atoms with Crippen molar-refractivity contribution in [3.8, 4) is 5.82 Å². The van der Waals surface area contributed by atoms with Crippen molar-refractivity contribution in [2.75, 3.05) is 5.32 Å². The number of halogens is 1. The van der Waals surface area contributed by atoms with E-state index in [2.05, 4.69) is 25.6 Å². The highest BCUT2D eigenvalue weighted by Gasteiger charge is 2.36. The van der Waals surface area contributed by atoms with Gasteiger partial charge in [0.2, 0.25) is 5.91 Å². The SMILES string of the molecule is Cc1nn(-c2ccc(=O)[nH]n2)c2c1[C@H](c1c(Cl)nc3sccn13)CC(=O)N2. The maximum Gasteiger partial charge on any atom is 0.264 e. The summed E-state index contributed by atoms with van der Waals surface area (Å²) in [6.45, 7) is 1.87. The molecule has 1 aliphatic rings. The van der Waals surface area contributed by atoms with Crippen molar-refractivity contribution in [2.24, 2.45) is 0 Å². The summed E-state index contributed by atoms with van der Waals surface area (Å²) < 4.78 is 3.43. The van der Waals surface area contributed by atoms with Crippen LogP contribution in [0.25, 0.3) is 10.8 Å². The Morgan fingerprint density at radius 1 is 1.33 bits per heavy atom. The molecule has 0 unspecified atom stereocenters. The van der Waals surface area contributed by atoms with E-state index in [-0.39, 0.29) is 23.8 Å². The number of imidazole rings is 1. The monoisotopic (exact) mass is 401 g/mol. The van der Waals surface area contributed by atoms with E-state index in [9.17, 15) is 9.59 Å². The summed E-state index contributed by atoms with van der Waals surface area (Å²) in [5.41, 5.74) is 2.05. The Labute approximate surface area is 160 Å². The first-order valence-electron chi connectivity index (χ1n) is 8.09. The van der Waals surface area contributed by atoms with Crippen molar-refractivity contribution in [3.05, 3.63) is 56.2 Å². The van der Waals surface area contributed by atoms with Crippen molar-refractivity contribution < 1.29 is 4.79 Å². The number of carbonyl (C=O) groups is 1. The van der Waals surface area contributed by atoms with Gasteiger partial charge in [-0.3, -0.25) is 14.0 Å². The van der Waals surface area contributed by atoms with E-state index in [1.54, 1.807) is 6.07 Å². The molecule has 0 radical (unpaired) electrons. The molecular formula is C16H12ClN7O2S. The minimum Gasteiger partial charge on any atom is -0.310 e. The number of fused-ring (bicyclic) bond motifs is 2. The number of aromatic amines is 1. The van der Waals surface area contributed by atoms with Crippen molar-refractivity contribution in [1.29, 1.82) is 0 Å². The Morgan fingerprint density at radius 2 is 2.19 bits per heavy atom. The fraction of sp³-hybridized carbons (Fsp3) is 0.188. The number of nitrogens with zero attached hydrogens (tertiary/aromatic N) is 5. The van der Waals surface area contributed by atoms with Crippen LogP contribution < -0.4 is 10.9 Å². The van der Waals surface area contributed by atoms with Crippen LogP contribution in [0, 0.1) is 6.92 Å². The standard InChI is InChI=1S/C16H12ClN7O2S/c1-7-12-8(13-14(17)19-16-23(13)4-5-27-16)6-11(26)18-15(12)24(22-7)9-2-3-10(25)21-20-9/h2-5,8H,6H2,1H3,(H,18,26)(H,21,25)/t8-/m1/s1. The van der Waals surface area contributed by atoms with E-state index < -0.39 is 0 Å². The number of hydrogen-bond donors (Lipinski definition) is 2. The second kappa shape index (κ2) is 5.76. The zero-order valence-corrected chi connectivity index (χ0v) is 15.5. The molecule has 4 aromatic rings. The molecule has 5 rings (SSSR count). The summed E-state index contributed by atoms with van der Waals surface area (Å²) in [5, 5.41) is 16.1. The molecule has 5 heterocycles. The summed E-state index contributed by atoms with van der Waals surface area (Å²) in [5.74, 6) is 0.483. The average Bonchev–Trinajstić information content (AvgIpc) is 3.28. The zero-order chi connectivity index (χ0) is 18.7. The van der Waals surface area contributed by atoms with Crippen LogP contribution in [0.4, 0.5) is 5.82 Å². The number of aromatic nitrogens is 6. The number of amides is 1. The van der Waals surface area contributed by atoms with Gasteiger partial charge in [0.1, 0.15) is 5.82 Å². The lowest BCUT2D eigenvalue weighted by molar-refractivity contribution is -0.116. The van der Waals surface area contributed by atoms with Gasteiger partial charge in [-0.15, -0.1) is 11.3 Å². The fourth-order valence-corrected chi connectivity index (χ4v) is 4.56. The topological polar surface area (TPSA) is 110 Å². The van der Waals surface area contributed by atoms with E-state index in [4.69, 9.17) is 11.6 Å². The second-order valence-corrected chi connectivity index (χ2v) is 7.42. The van der Waals surface area contributed by atoms with Crippen LogP contribution in [0.1, 0.15) is 29.3 Å². The highest BCUT2D eigenvalue weighted by molar-refractivity contribution is 7.15. The van der Waals surface area contributed by atoms with E-state index >= 15 is 0 Å². The normalized spacial score (nSPS) is 16.5. The van der Waals surface area contributed by atoms with Crippen molar-refractivity contribution in [2.45, 2.75) is 19.3 Å². The second-order valence-electron chi connectivity index (χ2n) is 6.19. The first-order valence-corrected chi connectivity index (χ1v) is 9.35. The van der Waals surface area contributed by atoms with Crippen LogP contribution in [0.5, 0.6) is 0 Å². The van der Waals surface area contributed by atoms with E-state index in [1.165, 1.54) is 22.1 Å². The van der Waals surface area contributed by atoms with Crippen LogP contribution in [0.3, 0.4) is 0 Å². The van der Waals surface area contributed by atoms with Gasteiger partial charge < -0.3 is 5.32 Å². The summed E-state index contributed by atoms with van der Waals surface area (Å²) in [6.07, 6.45) is 2.13. The number of anilines is 1. The Bertz CT molecular complexity index is 1250. The zero-order valence-electron chi connectivity index (χ0n) is 13.9. The average molecular weight is 402 g/mol. The molecule has 27 heavy (non-hydrogen) atoms. The molecule has 4 aromatic heterocycles. The summed E-state index contributed by atoms with van der Waals surface area (Å²) in [7, 11) is 0. The third-order valence-corrected chi connectivity index (χ3v) is 5.60. The van der Waals surface area contributed by atoms with Gasteiger partial charge in [0.15, 0.2) is 15.9 Å². The van der Waals surface area contributed by atoms with Crippen LogP contribution in [-0.2, 0) is 4.79 Å². The van der Waals surface area contributed by atoms with E-state index in [1.807, 2.05) is 22.9 Å². The fourth-order valence-electron chi connectivity index (χ4n) is 3.49. The molecule has 0 aliphatic carbocycles. The van der Waals surface area contributed by atoms with Gasteiger partial charge in [-0.25, -0.2) is 10.1 Å². The van der Waals surface area contributed by atoms with Gasteiger partial charge in [0.05, 0.1) is 11.4 Å². The molecule has 0 saturated carbocycles. The number of hydrogen-bond acceptors (Lipinski definition) is 6. The molecule has 1 atom stereocenters. The number of rotatable bonds is 2.